The minimum atomic E-state index is -0.448. The van der Waals surface area contributed by atoms with Gasteiger partial charge in [-0.25, -0.2) is 5.43 Å². The summed E-state index contributed by atoms with van der Waals surface area (Å²) in [4.78, 5) is 12.0. The molecule has 0 aromatic heterocycles. The van der Waals surface area contributed by atoms with Crippen molar-refractivity contribution in [1.82, 2.24) is 5.43 Å². The number of aromatic hydroxyl groups is 2. The zero-order valence-corrected chi connectivity index (χ0v) is 13.2. The van der Waals surface area contributed by atoms with Crippen molar-refractivity contribution in [3.8, 4) is 11.5 Å². The van der Waals surface area contributed by atoms with Gasteiger partial charge in [-0.05, 0) is 29.7 Å². The fourth-order valence-corrected chi connectivity index (χ4v) is 2.48. The van der Waals surface area contributed by atoms with E-state index in [1.807, 2.05) is 12.1 Å². The van der Waals surface area contributed by atoms with Crippen LogP contribution in [0.3, 0.4) is 0 Å². The predicted molar refractivity (Wildman–Crippen MR) is 93.8 cm³/mol. The first-order valence-corrected chi connectivity index (χ1v) is 7.46. The van der Waals surface area contributed by atoms with Gasteiger partial charge in [0.25, 0.3) is 5.91 Å². The number of hydrogen-bond donors (Lipinski definition) is 3. The largest absolute Gasteiger partial charge is 0.507 e. The van der Waals surface area contributed by atoms with Crippen molar-refractivity contribution >= 4 is 34.5 Å². The summed E-state index contributed by atoms with van der Waals surface area (Å²) in [5.74, 6) is -0.353. The number of nitrogens with zero attached hydrogens (tertiary/aromatic N) is 1. The lowest BCUT2D eigenvalue weighted by molar-refractivity contribution is 0.0955. The van der Waals surface area contributed by atoms with E-state index in [9.17, 15) is 15.0 Å². The number of benzene rings is 3. The lowest BCUT2D eigenvalue weighted by atomic mass is 10.0. The lowest BCUT2D eigenvalue weighted by Crippen LogP contribution is -2.17. The number of halogens is 1. The molecule has 6 heteroatoms. The fraction of sp³-hybridized carbons (Fsp3) is 0. The molecule has 0 bridgehead atoms. The molecule has 1 amide bonds. The summed E-state index contributed by atoms with van der Waals surface area (Å²) < 4.78 is 0. The van der Waals surface area contributed by atoms with E-state index in [4.69, 9.17) is 11.6 Å². The molecule has 3 aromatic rings. The second kappa shape index (κ2) is 6.60. The third-order valence-electron chi connectivity index (χ3n) is 3.51. The van der Waals surface area contributed by atoms with E-state index < -0.39 is 5.91 Å². The van der Waals surface area contributed by atoms with Crippen LogP contribution in [0.25, 0.3) is 10.8 Å². The Morgan fingerprint density at radius 2 is 1.75 bits per heavy atom. The molecule has 0 heterocycles. The molecule has 0 saturated heterocycles. The minimum Gasteiger partial charge on any atom is -0.507 e. The normalized spacial score (nSPS) is 11.0. The average molecular weight is 341 g/mol. The van der Waals surface area contributed by atoms with Gasteiger partial charge in [0.05, 0.1) is 11.2 Å². The summed E-state index contributed by atoms with van der Waals surface area (Å²) in [6.07, 6.45) is 1.50. The Kier molecular flexibility index (Phi) is 4.35. The van der Waals surface area contributed by atoms with Crippen molar-refractivity contribution in [3.63, 3.8) is 0 Å². The Balaban J connectivity index is 1.80. The second-order valence-corrected chi connectivity index (χ2v) is 5.49. The number of rotatable bonds is 3. The average Bonchev–Trinajstić information content (AvgIpc) is 2.58. The van der Waals surface area contributed by atoms with Gasteiger partial charge in [-0.1, -0.05) is 41.9 Å². The van der Waals surface area contributed by atoms with E-state index in [2.05, 4.69) is 10.5 Å². The molecule has 0 aliphatic heterocycles. The number of carbonyl (C=O) groups is 1. The molecular formula is C18H13ClN2O3. The molecule has 0 saturated carbocycles. The van der Waals surface area contributed by atoms with Crippen molar-refractivity contribution < 1.29 is 15.0 Å². The molecule has 5 nitrogen and oxygen atoms in total. The second-order valence-electron chi connectivity index (χ2n) is 5.08. The first-order valence-electron chi connectivity index (χ1n) is 7.09. The summed E-state index contributed by atoms with van der Waals surface area (Å²) >= 11 is 5.78. The van der Waals surface area contributed by atoms with E-state index in [1.165, 1.54) is 24.4 Å². The molecule has 0 atom stereocenters. The summed E-state index contributed by atoms with van der Waals surface area (Å²) in [7, 11) is 0. The number of phenols is 2. The Hall–Kier alpha value is -3.05. The number of nitrogens with one attached hydrogen (secondary N) is 1. The van der Waals surface area contributed by atoms with E-state index in [0.29, 0.717) is 5.39 Å². The highest BCUT2D eigenvalue weighted by atomic mass is 35.5. The Bertz CT molecular complexity index is 954. The Morgan fingerprint density at radius 1 is 1.00 bits per heavy atom. The number of phenolic OH excluding ortho intramolecular Hbond substituents is 2. The maximum atomic E-state index is 12.0. The van der Waals surface area contributed by atoms with Crippen LogP contribution in [0.5, 0.6) is 11.5 Å². The van der Waals surface area contributed by atoms with Gasteiger partial charge in [0, 0.05) is 16.5 Å². The number of amides is 1. The van der Waals surface area contributed by atoms with Crippen molar-refractivity contribution in [1.29, 1.82) is 0 Å². The molecule has 24 heavy (non-hydrogen) atoms. The number of hydrazone groups is 1. The first kappa shape index (κ1) is 15.8. The molecule has 0 unspecified atom stereocenters. The zero-order chi connectivity index (χ0) is 17.1. The van der Waals surface area contributed by atoms with E-state index in [-0.39, 0.29) is 22.1 Å². The van der Waals surface area contributed by atoms with Crippen LogP contribution in [-0.2, 0) is 0 Å². The van der Waals surface area contributed by atoms with Gasteiger partial charge < -0.3 is 10.2 Å². The van der Waals surface area contributed by atoms with Gasteiger partial charge in [-0.15, -0.1) is 0 Å². The lowest BCUT2D eigenvalue weighted by Gasteiger charge is -2.04. The Morgan fingerprint density at radius 3 is 2.54 bits per heavy atom. The van der Waals surface area contributed by atoms with Crippen molar-refractivity contribution in [3.05, 3.63) is 70.7 Å². The van der Waals surface area contributed by atoms with Crippen LogP contribution in [-0.4, -0.2) is 22.3 Å². The molecule has 0 fully saturated rings. The molecule has 0 aliphatic carbocycles. The SMILES string of the molecule is O=C(N/N=C/c1cccc2c(O)cccc12)c1ccc(O)c(Cl)c1. The van der Waals surface area contributed by atoms with E-state index >= 15 is 0 Å². The fourth-order valence-electron chi connectivity index (χ4n) is 2.30. The summed E-state index contributed by atoms with van der Waals surface area (Å²) in [6, 6.07) is 14.8. The zero-order valence-electron chi connectivity index (χ0n) is 12.4. The highest BCUT2D eigenvalue weighted by Gasteiger charge is 2.07. The van der Waals surface area contributed by atoms with Crippen molar-refractivity contribution in [2.24, 2.45) is 5.10 Å². The topological polar surface area (TPSA) is 81.9 Å². The maximum absolute atomic E-state index is 12.0. The first-order chi connectivity index (χ1) is 11.6. The number of carbonyl (C=O) groups excluding carboxylic acids is 1. The third kappa shape index (κ3) is 3.16. The van der Waals surface area contributed by atoms with Gasteiger partial charge in [0.15, 0.2) is 0 Å². The molecule has 3 aromatic carbocycles. The summed E-state index contributed by atoms with van der Waals surface area (Å²) in [6.45, 7) is 0. The van der Waals surface area contributed by atoms with Gasteiger partial charge in [0.2, 0.25) is 0 Å². The quantitative estimate of drug-likeness (QED) is 0.502. The predicted octanol–water partition coefficient (Wildman–Crippen LogP) is 3.67. The molecule has 120 valence electrons. The van der Waals surface area contributed by atoms with Crippen LogP contribution < -0.4 is 5.43 Å². The van der Waals surface area contributed by atoms with Crippen LogP contribution in [0, 0.1) is 0 Å². The van der Waals surface area contributed by atoms with Crippen LogP contribution in [0.4, 0.5) is 0 Å². The Labute approximate surface area is 142 Å². The molecule has 3 rings (SSSR count). The highest BCUT2D eigenvalue weighted by Crippen LogP contribution is 2.26. The van der Waals surface area contributed by atoms with E-state index in [1.54, 1.807) is 24.3 Å². The summed E-state index contributed by atoms with van der Waals surface area (Å²) in [5.41, 5.74) is 3.44. The van der Waals surface area contributed by atoms with Gasteiger partial charge >= 0.3 is 0 Å². The van der Waals surface area contributed by atoms with Crippen LogP contribution in [0.1, 0.15) is 15.9 Å². The number of hydrogen-bond acceptors (Lipinski definition) is 4. The van der Waals surface area contributed by atoms with Gasteiger partial charge in [-0.3, -0.25) is 4.79 Å². The molecule has 0 radical (unpaired) electrons. The van der Waals surface area contributed by atoms with Gasteiger partial charge in [-0.2, -0.15) is 5.10 Å². The third-order valence-corrected chi connectivity index (χ3v) is 3.82. The van der Waals surface area contributed by atoms with Crippen LogP contribution in [0.2, 0.25) is 5.02 Å². The molecular weight excluding hydrogens is 328 g/mol. The molecule has 3 N–H and O–H groups in total. The monoisotopic (exact) mass is 340 g/mol. The highest BCUT2D eigenvalue weighted by molar-refractivity contribution is 6.32. The standard InChI is InChI=1S/C18H13ClN2O3/c19-15-9-11(7-8-17(15)23)18(24)21-20-10-12-3-1-5-14-13(12)4-2-6-16(14)22/h1-10,22-23H,(H,21,24)/b20-10+. The van der Waals surface area contributed by atoms with Crippen molar-refractivity contribution in [2.45, 2.75) is 0 Å². The number of fused-ring (bicyclic) bond motifs is 1. The minimum absolute atomic E-state index is 0.0905. The molecule has 0 aliphatic rings. The van der Waals surface area contributed by atoms with Crippen LogP contribution >= 0.6 is 11.6 Å². The van der Waals surface area contributed by atoms with E-state index in [0.717, 1.165) is 10.9 Å². The maximum Gasteiger partial charge on any atom is 0.271 e. The molecule has 0 spiro atoms. The smallest absolute Gasteiger partial charge is 0.271 e. The van der Waals surface area contributed by atoms with Crippen molar-refractivity contribution in [2.75, 3.05) is 0 Å². The van der Waals surface area contributed by atoms with Gasteiger partial charge in [0.1, 0.15) is 11.5 Å². The van der Waals surface area contributed by atoms with Crippen LogP contribution in [0.15, 0.2) is 59.7 Å². The summed E-state index contributed by atoms with van der Waals surface area (Å²) in [5, 5.41) is 24.8.